The molecule has 0 aromatic carbocycles. The lowest BCUT2D eigenvalue weighted by molar-refractivity contribution is 0.484. The Hall–Kier alpha value is 0.660. The van der Waals surface area contributed by atoms with Crippen molar-refractivity contribution in [3.63, 3.8) is 0 Å². The Morgan fingerprint density at radius 3 is 2.69 bits per heavy atom. The van der Waals surface area contributed by atoms with E-state index in [2.05, 4.69) is 44.8 Å². The lowest BCUT2D eigenvalue weighted by atomic mass is 10.0. The lowest BCUT2D eigenvalue weighted by Crippen LogP contribution is -1.96. The van der Waals surface area contributed by atoms with Crippen molar-refractivity contribution >= 4 is 43.2 Å². The number of aryl methyl sites for hydroxylation is 1. The molecule has 0 radical (unpaired) electrons. The molecule has 0 nitrogen and oxygen atoms in total. The summed E-state index contributed by atoms with van der Waals surface area (Å²) in [7, 11) is 0. The van der Waals surface area contributed by atoms with Gasteiger partial charge in [-0.05, 0) is 47.7 Å². The van der Waals surface area contributed by atoms with Gasteiger partial charge in [-0.2, -0.15) is 0 Å². The second-order valence-electron chi connectivity index (χ2n) is 4.76. The molecule has 0 saturated heterocycles. The van der Waals surface area contributed by atoms with E-state index in [1.807, 2.05) is 11.3 Å². The predicted molar refractivity (Wildman–Crippen MR) is 79.6 cm³/mol. The molecule has 0 aliphatic heterocycles. The Kier molecular flexibility index (Phi) is 4.92. The molecule has 1 aromatic heterocycles. The van der Waals surface area contributed by atoms with Crippen LogP contribution in [-0.4, -0.2) is 0 Å². The van der Waals surface area contributed by atoms with Crippen LogP contribution in [0.25, 0.3) is 0 Å². The van der Waals surface area contributed by atoms with E-state index in [4.69, 9.17) is 0 Å². The molecule has 1 fully saturated rings. The van der Waals surface area contributed by atoms with Crippen LogP contribution in [0.5, 0.6) is 0 Å². The molecule has 1 aromatic rings. The minimum Gasteiger partial charge on any atom is -0.143 e. The summed E-state index contributed by atoms with van der Waals surface area (Å²) in [4.78, 5) is 3.41. The maximum atomic E-state index is 3.84. The zero-order chi connectivity index (χ0) is 11.5. The van der Waals surface area contributed by atoms with E-state index in [9.17, 15) is 0 Å². The fraction of sp³-hybridized carbons (Fsp3) is 0.692. The van der Waals surface area contributed by atoms with Crippen molar-refractivity contribution < 1.29 is 0 Å². The van der Waals surface area contributed by atoms with E-state index in [1.165, 1.54) is 52.8 Å². The summed E-state index contributed by atoms with van der Waals surface area (Å²) in [6.45, 7) is 2.18. The van der Waals surface area contributed by atoms with Crippen LogP contribution >= 0.6 is 43.2 Å². The van der Waals surface area contributed by atoms with Gasteiger partial charge in [-0.15, -0.1) is 11.3 Å². The molecule has 16 heavy (non-hydrogen) atoms. The average Bonchev–Trinajstić information content (AvgIpc) is 2.84. The highest BCUT2D eigenvalue weighted by Gasteiger charge is 2.19. The van der Waals surface area contributed by atoms with Crippen molar-refractivity contribution in [1.82, 2.24) is 0 Å². The van der Waals surface area contributed by atoms with E-state index >= 15 is 0 Å². The SMILES string of the molecule is Cc1cc(Br)c(C(Br)CCC2CCCC2)s1. The third kappa shape index (κ3) is 3.33. The molecule has 1 atom stereocenters. The highest BCUT2D eigenvalue weighted by atomic mass is 79.9. The third-order valence-corrected chi connectivity index (χ3v) is 6.73. The van der Waals surface area contributed by atoms with Gasteiger partial charge in [-0.1, -0.05) is 41.6 Å². The molecule has 3 heteroatoms. The standard InChI is InChI=1S/C13H18Br2S/c1-9-8-12(15)13(16-9)11(14)7-6-10-4-2-3-5-10/h8,10-11H,2-7H2,1H3. The normalized spacial score (nSPS) is 19.2. The quantitative estimate of drug-likeness (QED) is 0.555. The summed E-state index contributed by atoms with van der Waals surface area (Å²) in [6.07, 6.45) is 8.51. The predicted octanol–water partition coefficient (Wildman–Crippen LogP) is 6.23. The topological polar surface area (TPSA) is 0 Å². The summed E-state index contributed by atoms with van der Waals surface area (Å²) < 4.78 is 1.28. The molecule has 1 saturated carbocycles. The van der Waals surface area contributed by atoms with Gasteiger partial charge in [0.25, 0.3) is 0 Å². The largest absolute Gasteiger partial charge is 0.143 e. The Morgan fingerprint density at radius 2 is 2.12 bits per heavy atom. The monoisotopic (exact) mass is 364 g/mol. The van der Waals surface area contributed by atoms with E-state index in [0.717, 1.165) is 5.92 Å². The van der Waals surface area contributed by atoms with Crippen LogP contribution < -0.4 is 0 Å². The minimum atomic E-state index is 0.543. The first kappa shape index (κ1) is 13.1. The highest BCUT2D eigenvalue weighted by Crippen LogP contribution is 2.41. The third-order valence-electron chi connectivity index (χ3n) is 3.42. The molecule has 1 aliphatic rings. The van der Waals surface area contributed by atoms with Crippen LogP contribution in [0.2, 0.25) is 0 Å². The van der Waals surface area contributed by atoms with E-state index < -0.39 is 0 Å². The summed E-state index contributed by atoms with van der Waals surface area (Å²) in [5.41, 5.74) is 0. The molecule has 1 unspecified atom stereocenters. The highest BCUT2D eigenvalue weighted by molar-refractivity contribution is 9.11. The van der Waals surface area contributed by atoms with Crippen LogP contribution in [0, 0.1) is 12.8 Å². The molecule has 0 amide bonds. The van der Waals surface area contributed by atoms with Crippen LogP contribution in [-0.2, 0) is 0 Å². The molecule has 90 valence electrons. The fourth-order valence-electron chi connectivity index (χ4n) is 2.53. The average molecular weight is 366 g/mol. The van der Waals surface area contributed by atoms with Crippen LogP contribution in [0.3, 0.4) is 0 Å². The first-order valence-electron chi connectivity index (χ1n) is 6.06. The lowest BCUT2D eigenvalue weighted by Gasteiger charge is -2.12. The van der Waals surface area contributed by atoms with Gasteiger partial charge in [0.15, 0.2) is 0 Å². The zero-order valence-corrected chi connectivity index (χ0v) is 13.6. The molecular weight excluding hydrogens is 348 g/mol. The van der Waals surface area contributed by atoms with Crippen LogP contribution in [0.15, 0.2) is 10.5 Å². The Bertz CT molecular complexity index is 340. The van der Waals surface area contributed by atoms with Gasteiger partial charge in [-0.3, -0.25) is 0 Å². The van der Waals surface area contributed by atoms with Gasteiger partial charge in [0, 0.05) is 14.2 Å². The van der Waals surface area contributed by atoms with E-state index in [1.54, 1.807) is 0 Å². The summed E-state index contributed by atoms with van der Waals surface area (Å²) in [6, 6.07) is 2.23. The molecule has 0 spiro atoms. The zero-order valence-electron chi connectivity index (χ0n) is 9.64. The van der Waals surface area contributed by atoms with Crippen molar-refractivity contribution in [2.75, 3.05) is 0 Å². The maximum Gasteiger partial charge on any atom is 0.0500 e. The molecule has 0 bridgehead atoms. The number of thiophene rings is 1. The van der Waals surface area contributed by atoms with Crippen molar-refractivity contribution in [1.29, 1.82) is 0 Å². The summed E-state index contributed by atoms with van der Waals surface area (Å²) in [5.74, 6) is 1.000. The van der Waals surface area contributed by atoms with Crippen molar-refractivity contribution in [2.24, 2.45) is 5.92 Å². The number of alkyl halides is 1. The summed E-state index contributed by atoms with van der Waals surface area (Å²) in [5, 5.41) is 0. The van der Waals surface area contributed by atoms with Gasteiger partial charge in [0.1, 0.15) is 0 Å². The number of hydrogen-bond donors (Lipinski definition) is 0. The van der Waals surface area contributed by atoms with Gasteiger partial charge >= 0.3 is 0 Å². The molecular formula is C13H18Br2S. The molecule has 2 rings (SSSR count). The number of halogens is 2. The van der Waals surface area contributed by atoms with Crippen molar-refractivity contribution in [3.05, 3.63) is 20.3 Å². The van der Waals surface area contributed by atoms with Crippen molar-refractivity contribution in [2.45, 2.75) is 50.3 Å². The molecule has 1 heterocycles. The first-order valence-corrected chi connectivity index (χ1v) is 8.59. The smallest absolute Gasteiger partial charge is 0.0500 e. The second kappa shape index (κ2) is 6.01. The maximum absolute atomic E-state index is 3.84. The van der Waals surface area contributed by atoms with Gasteiger partial charge < -0.3 is 0 Å². The van der Waals surface area contributed by atoms with Gasteiger partial charge in [0.2, 0.25) is 0 Å². The Labute approximate surface area is 119 Å². The fourth-order valence-corrected chi connectivity index (χ4v) is 5.57. The second-order valence-corrected chi connectivity index (χ2v) is 8.01. The van der Waals surface area contributed by atoms with Crippen molar-refractivity contribution in [3.8, 4) is 0 Å². The van der Waals surface area contributed by atoms with Gasteiger partial charge in [-0.25, -0.2) is 0 Å². The Balaban J connectivity index is 1.87. The van der Waals surface area contributed by atoms with E-state index in [-0.39, 0.29) is 0 Å². The van der Waals surface area contributed by atoms with Crippen LogP contribution in [0.1, 0.15) is 53.1 Å². The van der Waals surface area contributed by atoms with Crippen LogP contribution in [0.4, 0.5) is 0 Å². The number of rotatable bonds is 4. The summed E-state index contributed by atoms with van der Waals surface area (Å²) >= 11 is 9.40. The minimum absolute atomic E-state index is 0.543. The first-order chi connectivity index (χ1) is 7.66. The number of hydrogen-bond acceptors (Lipinski definition) is 1. The van der Waals surface area contributed by atoms with Gasteiger partial charge in [0.05, 0.1) is 4.83 Å². The molecule has 1 aliphatic carbocycles. The Morgan fingerprint density at radius 1 is 1.44 bits per heavy atom. The van der Waals surface area contributed by atoms with E-state index in [0.29, 0.717) is 4.83 Å². The molecule has 0 N–H and O–H groups in total.